The van der Waals surface area contributed by atoms with Crippen LogP contribution >= 0.6 is 0 Å². The lowest BCUT2D eigenvalue weighted by Crippen LogP contribution is -2.46. The summed E-state index contributed by atoms with van der Waals surface area (Å²) in [6.45, 7) is 1.42. The SMILES string of the molecule is CN(C)CC(C)(CS(=O)(=O)O)S(=O)O. The predicted molar refractivity (Wildman–Crippen MR) is 54.1 cm³/mol. The molecule has 0 saturated heterocycles. The molecule has 0 amide bonds. The van der Waals surface area contributed by atoms with Crippen molar-refractivity contribution in [1.82, 2.24) is 4.90 Å². The van der Waals surface area contributed by atoms with E-state index in [1.165, 1.54) is 6.92 Å². The van der Waals surface area contributed by atoms with E-state index in [9.17, 15) is 12.6 Å². The molecule has 0 aromatic heterocycles. The third-order valence-electron chi connectivity index (χ3n) is 1.56. The first-order valence-electron chi connectivity index (χ1n) is 3.78. The Hall–Kier alpha value is -0.0200. The Balaban J connectivity index is 4.83. The van der Waals surface area contributed by atoms with Crippen molar-refractivity contribution in [3.8, 4) is 0 Å². The van der Waals surface area contributed by atoms with Gasteiger partial charge in [0.05, 0.1) is 10.5 Å². The average molecular weight is 245 g/mol. The molecule has 0 radical (unpaired) electrons. The third-order valence-corrected chi connectivity index (χ3v) is 3.86. The van der Waals surface area contributed by atoms with Crippen molar-refractivity contribution >= 4 is 21.2 Å². The minimum absolute atomic E-state index is 0.0932. The number of nitrogens with zero attached hydrogens (tertiary/aromatic N) is 1. The fourth-order valence-corrected chi connectivity index (χ4v) is 3.29. The summed E-state index contributed by atoms with van der Waals surface area (Å²) in [5.74, 6) is -0.735. The second-order valence-electron chi connectivity index (χ2n) is 3.66. The fourth-order valence-electron chi connectivity index (χ4n) is 1.21. The Morgan fingerprint density at radius 2 is 1.86 bits per heavy atom. The first-order chi connectivity index (χ1) is 6.07. The van der Waals surface area contributed by atoms with Crippen LogP contribution in [0.1, 0.15) is 6.92 Å². The van der Waals surface area contributed by atoms with Crippen LogP contribution in [-0.4, -0.2) is 57.8 Å². The summed E-state index contributed by atoms with van der Waals surface area (Å²) < 4.78 is 48.4. The molecule has 0 heterocycles. The summed E-state index contributed by atoms with van der Waals surface area (Å²) in [6.07, 6.45) is 0. The Morgan fingerprint density at radius 3 is 2.07 bits per heavy atom. The van der Waals surface area contributed by atoms with Gasteiger partial charge in [-0.15, -0.1) is 0 Å². The van der Waals surface area contributed by atoms with Crippen LogP contribution in [0.25, 0.3) is 0 Å². The van der Waals surface area contributed by atoms with Crippen LogP contribution in [0.4, 0.5) is 0 Å². The molecule has 2 atom stereocenters. The molecule has 0 spiro atoms. The van der Waals surface area contributed by atoms with Crippen molar-refractivity contribution in [3.05, 3.63) is 0 Å². The molecular weight excluding hydrogens is 230 g/mol. The highest BCUT2D eigenvalue weighted by atomic mass is 32.2. The summed E-state index contributed by atoms with van der Waals surface area (Å²) in [6, 6.07) is 0. The molecule has 0 aromatic rings. The van der Waals surface area contributed by atoms with Crippen molar-refractivity contribution < 1.29 is 21.7 Å². The van der Waals surface area contributed by atoms with Gasteiger partial charge in [0.2, 0.25) is 0 Å². The van der Waals surface area contributed by atoms with Crippen LogP contribution in [0.2, 0.25) is 0 Å². The highest BCUT2D eigenvalue weighted by Crippen LogP contribution is 2.15. The quantitative estimate of drug-likeness (QED) is 0.497. The van der Waals surface area contributed by atoms with E-state index in [0.29, 0.717) is 0 Å². The standard InChI is InChI=1S/C6H15NO5S2/c1-6(13(8)9,4-7(2)3)5-14(10,11)12/h4-5H2,1-3H3,(H,8,9)(H,10,11,12). The van der Waals surface area contributed by atoms with E-state index in [1.807, 2.05) is 0 Å². The first-order valence-corrected chi connectivity index (χ1v) is 6.49. The molecular formula is C6H15NO5S2. The van der Waals surface area contributed by atoms with Gasteiger partial charge in [-0.1, -0.05) is 0 Å². The predicted octanol–water partition coefficient (Wildman–Crippen LogP) is -0.584. The van der Waals surface area contributed by atoms with E-state index in [2.05, 4.69) is 0 Å². The van der Waals surface area contributed by atoms with Gasteiger partial charge in [0.15, 0.2) is 11.1 Å². The van der Waals surface area contributed by atoms with E-state index >= 15 is 0 Å². The van der Waals surface area contributed by atoms with Gasteiger partial charge in [-0.3, -0.25) is 4.55 Å². The molecule has 0 aromatic carbocycles. The van der Waals surface area contributed by atoms with Gasteiger partial charge in [-0.25, -0.2) is 4.21 Å². The first kappa shape index (κ1) is 14.0. The molecule has 2 unspecified atom stereocenters. The zero-order valence-corrected chi connectivity index (χ0v) is 9.93. The Kier molecular flexibility index (Phi) is 4.66. The van der Waals surface area contributed by atoms with Gasteiger partial charge in [-0.05, 0) is 21.0 Å². The molecule has 0 aliphatic rings. The monoisotopic (exact) mass is 245 g/mol. The van der Waals surface area contributed by atoms with Crippen LogP contribution in [0.15, 0.2) is 0 Å². The summed E-state index contributed by atoms with van der Waals surface area (Å²) in [5.41, 5.74) is 0. The van der Waals surface area contributed by atoms with Gasteiger partial charge in [0.1, 0.15) is 0 Å². The van der Waals surface area contributed by atoms with Crippen molar-refractivity contribution in [1.29, 1.82) is 0 Å². The molecule has 0 rings (SSSR count). The van der Waals surface area contributed by atoms with Crippen LogP contribution < -0.4 is 0 Å². The second kappa shape index (κ2) is 4.67. The van der Waals surface area contributed by atoms with Gasteiger partial charge in [-0.2, -0.15) is 8.42 Å². The third kappa shape index (κ3) is 5.01. The zero-order chi connectivity index (χ0) is 11.6. The summed E-state index contributed by atoms with van der Waals surface area (Å²) in [4.78, 5) is 1.58. The molecule has 0 saturated carbocycles. The molecule has 86 valence electrons. The molecule has 0 fully saturated rings. The van der Waals surface area contributed by atoms with Crippen LogP contribution in [-0.2, 0) is 21.2 Å². The number of rotatable bonds is 5. The Labute approximate surface area is 86.3 Å². The minimum Gasteiger partial charge on any atom is -0.308 e. The topological polar surface area (TPSA) is 94.9 Å². The molecule has 0 aliphatic carbocycles. The van der Waals surface area contributed by atoms with Gasteiger partial charge >= 0.3 is 0 Å². The maximum Gasteiger partial charge on any atom is 0.266 e. The Bertz CT molecular complexity index is 312. The van der Waals surface area contributed by atoms with E-state index in [1.54, 1.807) is 19.0 Å². The minimum atomic E-state index is -4.25. The summed E-state index contributed by atoms with van der Waals surface area (Å²) in [7, 11) is -0.956. The maximum atomic E-state index is 10.9. The van der Waals surface area contributed by atoms with Crippen molar-refractivity contribution in [3.63, 3.8) is 0 Å². The maximum absolute atomic E-state index is 10.9. The summed E-state index contributed by atoms with van der Waals surface area (Å²) >= 11 is -2.32. The van der Waals surface area contributed by atoms with Crippen LogP contribution in [0.3, 0.4) is 0 Å². The molecule has 8 heteroatoms. The van der Waals surface area contributed by atoms with Gasteiger partial charge in [0, 0.05) is 6.54 Å². The average Bonchev–Trinajstić information content (AvgIpc) is 1.79. The van der Waals surface area contributed by atoms with Gasteiger partial charge < -0.3 is 9.45 Å². The van der Waals surface area contributed by atoms with Crippen molar-refractivity contribution in [2.24, 2.45) is 0 Å². The molecule has 0 aliphatic heterocycles. The highest BCUT2D eigenvalue weighted by molar-refractivity contribution is 7.88. The molecule has 2 N–H and O–H groups in total. The highest BCUT2D eigenvalue weighted by Gasteiger charge is 2.36. The van der Waals surface area contributed by atoms with Crippen molar-refractivity contribution in [2.75, 3.05) is 26.4 Å². The van der Waals surface area contributed by atoms with E-state index < -0.39 is 31.7 Å². The zero-order valence-electron chi connectivity index (χ0n) is 8.30. The largest absolute Gasteiger partial charge is 0.308 e. The normalized spacial score (nSPS) is 19.3. The molecule has 6 nitrogen and oxygen atoms in total. The van der Waals surface area contributed by atoms with E-state index in [0.717, 1.165) is 0 Å². The lowest BCUT2D eigenvalue weighted by molar-refractivity contribution is 0.353. The van der Waals surface area contributed by atoms with Crippen LogP contribution in [0, 0.1) is 0 Å². The summed E-state index contributed by atoms with van der Waals surface area (Å²) in [5, 5.41) is 0. The van der Waals surface area contributed by atoms with Gasteiger partial charge in [0.25, 0.3) is 10.1 Å². The van der Waals surface area contributed by atoms with E-state index in [-0.39, 0.29) is 6.54 Å². The number of hydrogen-bond donors (Lipinski definition) is 2. The lowest BCUT2D eigenvalue weighted by Gasteiger charge is -2.27. The smallest absolute Gasteiger partial charge is 0.266 e. The Morgan fingerprint density at radius 1 is 1.43 bits per heavy atom. The number of hydrogen-bond acceptors (Lipinski definition) is 4. The van der Waals surface area contributed by atoms with E-state index in [4.69, 9.17) is 9.11 Å². The van der Waals surface area contributed by atoms with Crippen LogP contribution in [0.5, 0.6) is 0 Å². The fraction of sp³-hybridized carbons (Fsp3) is 1.00. The molecule has 14 heavy (non-hydrogen) atoms. The molecule has 0 bridgehead atoms. The lowest BCUT2D eigenvalue weighted by atomic mass is 10.2. The van der Waals surface area contributed by atoms with Crippen molar-refractivity contribution in [2.45, 2.75) is 11.7 Å². The second-order valence-corrected chi connectivity index (χ2v) is 6.60.